The summed E-state index contributed by atoms with van der Waals surface area (Å²) in [6.07, 6.45) is 0. The number of rotatable bonds is 2. The molecule has 0 aliphatic carbocycles. The molecule has 76 valence electrons. The van der Waals surface area contributed by atoms with E-state index in [1.54, 1.807) is 31.2 Å². The van der Waals surface area contributed by atoms with Gasteiger partial charge in [0.1, 0.15) is 0 Å². The van der Waals surface area contributed by atoms with Gasteiger partial charge in [0, 0.05) is 6.92 Å². The van der Waals surface area contributed by atoms with Crippen LogP contribution in [0.3, 0.4) is 0 Å². The number of carbonyl (C=O) groups excluding carboxylic acids is 1. The van der Waals surface area contributed by atoms with Crippen LogP contribution in [0, 0.1) is 6.92 Å². The number of benzene rings is 1. The molecule has 0 fully saturated rings. The van der Waals surface area contributed by atoms with E-state index < -0.39 is 5.91 Å². The van der Waals surface area contributed by atoms with Gasteiger partial charge >= 0.3 is 0 Å². The smallest absolute Gasteiger partial charge is 0.249 e. The molecule has 0 bridgehead atoms. The quantitative estimate of drug-likeness (QED) is 0.793. The molecule has 5 nitrogen and oxygen atoms in total. The average Bonchev–Trinajstić information content (AvgIpc) is 2.65. The van der Waals surface area contributed by atoms with Gasteiger partial charge in [-0.1, -0.05) is 12.1 Å². The fraction of sp³-hybridized carbons (Fsp3) is 0.100. The molecule has 0 saturated carbocycles. The van der Waals surface area contributed by atoms with Gasteiger partial charge in [-0.15, -0.1) is 10.2 Å². The Hall–Kier alpha value is -2.17. The van der Waals surface area contributed by atoms with Gasteiger partial charge in [-0.25, -0.2) is 0 Å². The van der Waals surface area contributed by atoms with Crippen molar-refractivity contribution in [2.75, 3.05) is 0 Å². The van der Waals surface area contributed by atoms with Crippen molar-refractivity contribution in [1.29, 1.82) is 0 Å². The summed E-state index contributed by atoms with van der Waals surface area (Å²) in [4.78, 5) is 11.1. The SMILES string of the molecule is Cc1nnc(-c2ccccc2C(N)=O)o1. The molecule has 0 radical (unpaired) electrons. The van der Waals surface area contributed by atoms with Gasteiger partial charge in [0.25, 0.3) is 0 Å². The standard InChI is InChI=1S/C10H9N3O2/c1-6-12-13-10(15-6)8-5-3-2-4-7(8)9(11)14/h2-5H,1H3,(H2,11,14). The zero-order valence-corrected chi connectivity index (χ0v) is 8.10. The molecular weight excluding hydrogens is 194 g/mol. The maximum Gasteiger partial charge on any atom is 0.249 e. The first kappa shape index (κ1) is 9.39. The second kappa shape index (κ2) is 3.53. The number of hydrogen-bond donors (Lipinski definition) is 1. The summed E-state index contributed by atoms with van der Waals surface area (Å²) in [5.41, 5.74) is 6.17. The maximum absolute atomic E-state index is 11.1. The van der Waals surface area contributed by atoms with E-state index in [2.05, 4.69) is 10.2 Å². The molecule has 1 aromatic carbocycles. The van der Waals surface area contributed by atoms with Crippen LogP contribution in [0.4, 0.5) is 0 Å². The predicted molar refractivity (Wildman–Crippen MR) is 53.0 cm³/mol. The number of nitrogens with zero attached hydrogens (tertiary/aromatic N) is 2. The molecule has 1 aromatic heterocycles. The van der Waals surface area contributed by atoms with E-state index >= 15 is 0 Å². The molecule has 15 heavy (non-hydrogen) atoms. The third-order valence-electron chi connectivity index (χ3n) is 1.95. The largest absolute Gasteiger partial charge is 0.421 e. The molecule has 1 heterocycles. The molecular formula is C10H9N3O2. The minimum atomic E-state index is -0.513. The number of aryl methyl sites for hydroxylation is 1. The monoisotopic (exact) mass is 203 g/mol. The van der Waals surface area contributed by atoms with E-state index in [-0.39, 0.29) is 0 Å². The third-order valence-corrected chi connectivity index (χ3v) is 1.95. The number of primary amides is 1. The van der Waals surface area contributed by atoms with Crippen molar-refractivity contribution in [3.8, 4) is 11.5 Å². The summed E-state index contributed by atoms with van der Waals surface area (Å²) >= 11 is 0. The molecule has 0 aliphatic rings. The Bertz CT molecular complexity index is 505. The van der Waals surface area contributed by atoms with E-state index in [1.807, 2.05) is 0 Å². The van der Waals surface area contributed by atoms with E-state index in [0.717, 1.165) is 0 Å². The number of nitrogens with two attached hydrogens (primary N) is 1. The van der Waals surface area contributed by atoms with Crippen LogP contribution in [0.2, 0.25) is 0 Å². The molecule has 0 aliphatic heterocycles. The van der Waals surface area contributed by atoms with Crippen LogP contribution in [0.25, 0.3) is 11.5 Å². The lowest BCUT2D eigenvalue weighted by molar-refractivity contribution is 0.100. The van der Waals surface area contributed by atoms with Crippen molar-refractivity contribution in [2.24, 2.45) is 5.73 Å². The normalized spacial score (nSPS) is 10.2. The average molecular weight is 203 g/mol. The first-order valence-corrected chi connectivity index (χ1v) is 4.38. The van der Waals surface area contributed by atoms with Gasteiger partial charge in [-0.05, 0) is 12.1 Å². The topological polar surface area (TPSA) is 82.0 Å². The number of hydrogen-bond acceptors (Lipinski definition) is 4. The van der Waals surface area contributed by atoms with Crippen LogP contribution in [0.1, 0.15) is 16.2 Å². The van der Waals surface area contributed by atoms with Gasteiger partial charge in [-0.2, -0.15) is 0 Å². The van der Waals surface area contributed by atoms with E-state index in [9.17, 15) is 4.79 Å². The molecule has 2 aromatic rings. The van der Waals surface area contributed by atoms with Crippen LogP contribution < -0.4 is 5.73 Å². The highest BCUT2D eigenvalue weighted by atomic mass is 16.4. The summed E-state index contributed by atoms with van der Waals surface area (Å²) < 4.78 is 5.23. The van der Waals surface area contributed by atoms with E-state index in [4.69, 9.17) is 10.2 Å². The highest BCUT2D eigenvalue weighted by molar-refractivity contribution is 5.98. The van der Waals surface area contributed by atoms with Gasteiger partial charge in [0.05, 0.1) is 11.1 Å². The lowest BCUT2D eigenvalue weighted by Crippen LogP contribution is -2.12. The summed E-state index contributed by atoms with van der Waals surface area (Å²) in [6.45, 7) is 1.68. The molecule has 0 unspecified atom stereocenters. The summed E-state index contributed by atoms with van der Waals surface area (Å²) in [5, 5.41) is 7.53. The Labute approximate surface area is 85.9 Å². The second-order valence-electron chi connectivity index (χ2n) is 3.04. The molecule has 5 heteroatoms. The fourth-order valence-corrected chi connectivity index (χ4v) is 1.29. The first-order chi connectivity index (χ1) is 7.18. The Balaban J connectivity index is 2.57. The van der Waals surface area contributed by atoms with Crippen molar-refractivity contribution >= 4 is 5.91 Å². The summed E-state index contributed by atoms with van der Waals surface area (Å²) in [6, 6.07) is 6.85. The predicted octanol–water partition coefficient (Wildman–Crippen LogP) is 1.14. The van der Waals surface area contributed by atoms with Crippen molar-refractivity contribution in [1.82, 2.24) is 10.2 Å². The van der Waals surface area contributed by atoms with Crippen LogP contribution >= 0.6 is 0 Å². The Kier molecular flexibility index (Phi) is 2.21. The zero-order chi connectivity index (χ0) is 10.8. The lowest BCUT2D eigenvalue weighted by atomic mass is 10.1. The molecule has 0 atom stereocenters. The van der Waals surface area contributed by atoms with Gasteiger partial charge in [0.15, 0.2) is 0 Å². The molecule has 0 spiro atoms. The van der Waals surface area contributed by atoms with Crippen molar-refractivity contribution < 1.29 is 9.21 Å². The molecule has 2 N–H and O–H groups in total. The number of carbonyl (C=O) groups is 1. The van der Waals surface area contributed by atoms with Crippen LogP contribution in [-0.2, 0) is 0 Å². The summed E-state index contributed by atoms with van der Waals surface area (Å²) in [5.74, 6) is 0.243. The second-order valence-corrected chi connectivity index (χ2v) is 3.04. The Morgan fingerprint density at radius 2 is 2.07 bits per heavy atom. The Morgan fingerprint density at radius 1 is 1.33 bits per heavy atom. The summed E-state index contributed by atoms with van der Waals surface area (Å²) in [7, 11) is 0. The van der Waals surface area contributed by atoms with Crippen molar-refractivity contribution in [2.45, 2.75) is 6.92 Å². The Morgan fingerprint density at radius 3 is 2.67 bits per heavy atom. The minimum Gasteiger partial charge on any atom is -0.421 e. The molecule has 1 amide bonds. The number of aromatic nitrogens is 2. The first-order valence-electron chi connectivity index (χ1n) is 4.38. The zero-order valence-electron chi connectivity index (χ0n) is 8.10. The highest BCUT2D eigenvalue weighted by Gasteiger charge is 2.13. The highest BCUT2D eigenvalue weighted by Crippen LogP contribution is 2.21. The lowest BCUT2D eigenvalue weighted by Gasteiger charge is -2.00. The third kappa shape index (κ3) is 1.71. The van der Waals surface area contributed by atoms with Crippen molar-refractivity contribution in [3.63, 3.8) is 0 Å². The van der Waals surface area contributed by atoms with Crippen LogP contribution in [0.15, 0.2) is 28.7 Å². The maximum atomic E-state index is 11.1. The number of amides is 1. The van der Waals surface area contributed by atoms with Gasteiger partial charge in [0.2, 0.25) is 17.7 Å². The van der Waals surface area contributed by atoms with Crippen LogP contribution in [0.5, 0.6) is 0 Å². The van der Waals surface area contributed by atoms with Gasteiger partial charge in [-0.3, -0.25) is 4.79 Å². The van der Waals surface area contributed by atoms with Crippen LogP contribution in [-0.4, -0.2) is 16.1 Å². The minimum absolute atomic E-state index is 0.307. The molecule has 2 rings (SSSR count). The fourth-order valence-electron chi connectivity index (χ4n) is 1.29. The van der Waals surface area contributed by atoms with Gasteiger partial charge < -0.3 is 10.2 Å². The van der Waals surface area contributed by atoms with E-state index in [1.165, 1.54) is 0 Å². The molecule has 0 saturated heterocycles. The van der Waals surface area contributed by atoms with E-state index in [0.29, 0.717) is 22.9 Å². The van der Waals surface area contributed by atoms with Crippen molar-refractivity contribution in [3.05, 3.63) is 35.7 Å².